The summed E-state index contributed by atoms with van der Waals surface area (Å²) >= 11 is 0. The summed E-state index contributed by atoms with van der Waals surface area (Å²) in [5.74, 6) is 0. The van der Waals surface area contributed by atoms with Crippen LogP contribution < -0.4 is 5.73 Å². The Labute approximate surface area is 95.1 Å². The summed E-state index contributed by atoms with van der Waals surface area (Å²) in [5, 5.41) is 8.28. The van der Waals surface area contributed by atoms with Crippen molar-refractivity contribution in [3.05, 3.63) is 30.5 Å². The van der Waals surface area contributed by atoms with Crippen molar-refractivity contribution in [1.82, 2.24) is 15.0 Å². The number of benzene rings is 1. The Bertz CT molecular complexity index is 476. The predicted octanol–water partition coefficient (Wildman–Crippen LogP) is 2.28. The van der Waals surface area contributed by atoms with Gasteiger partial charge in [-0.25, -0.2) is 4.68 Å². The number of anilines is 1. The minimum atomic E-state index is -0.0426. The Kier molecular flexibility index (Phi) is 2.42. The first kappa shape index (κ1) is 10.7. The summed E-state index contributed by atoms with van der Waals surface area (Å²) in [6.07, 6.45) is 1.95. The van der Waals surface area contributed by atoms with Gasteiger partial charge in [0, 0.05) is 11.3 Å². The molecule has 0 spiro atoms. The van der Waals surface area contributed by atoms with Crippen molar-refractivity contribution in [3.8, 4) is 11.3 Å². The molecule has 0 radical (unpaired) electrons. The first-order chi connectivity index (χ1) is 7.47. The standard InChI is InChI=1S/C12H16N4/c1-12(2,3)16-8-11(14-15-16)9-4-6-10(13)7-5-9/h4-8H,13H2,1-3H3. The van der Waals surface area contributed by atoms with Crippen LogP contribution in [-0.4, -0.2) is 15.0 Å². The maximum atomic E-state index is 5.64. The fourth-order valence-corrected chi connectivity index (χ4v) is 1.38. The molecule has 0 aliphatic rings. The lowest BCUT2D eigenvalue weighted by Crippen LogP contribution is -2.22. The summed E-state index contributed by atoms with van der Waals surface area (Å²) in [5.41, 5.74) is 8.25. The Hall–Kier alpha value is -1.84. The molecule has 0 aliphatic carbocycles. The number of nitrogens with zero attached hydrogens (tertiary/aromatic N) is 3. The third-order valence-corrected chi connectivity index (χ3v) is 2.39. The molecule has 0 amide bonds. The van der Waals surface area contributed by atoms with Crippen molar-refractivity contribution < 1.29 is 0 Å². The van der Waals surface area contributed by atoms with Gasteiger partial charge in [-0.15, -0.1) is 5.10 Å². The molecule has 2 N–H and O–H groups in total. The number of nitrogen functional groups attached to an aromatic ring is 1. The highest BCUT2D eigenvalue weighted by Crippen LogP contribution is 2.20. The van der Waals surface area contributed by atoms with E-state index in [0.29, 0.717) is 0 Å². The van der Waals surface area contributed by atoms with Gasteiger partial charge in [-0.1, -0.05) is 17.3 Å². The second-order valence-electron chi connectivity index (χ2n) is 4.84. The van der Waals surface area contributed by atoms with Crippen LogP contribution in [0.15, 0.2) is 30.5 Å². The molecule has 0 saturated heterocycles. The molecular weight excluding hydrogens is 200 g/mol. The zero-order chi connectivity index (χ0) is 11.8. The highest BCUT2D eigenvalue weighted by molar-refractivity contribution is 5.60. The molecule has 1 aromatic heterocycles. The molecule has 0 saturated carbocycles. The van der Waals surface area contributed by atoms with E-state index in [1.54, 1.807) is 0 Å². The van der Waals surface area contributed by atoms with Gasteiger partial charge in [-0.3, -0.25) is 0 Å². The second kappa shape index (κ2) is 3.63. The van der Waals surface area contributed by atoms with Gasteiger partial charge in [0.15, 0.2) is 0 Å². The third-order valence-electron chi connectivity index (χ3n) is 2.39. The van der Waals surface area contributed by atoms with E-state index in [1.165, 1.54) is 0 Å². The van der Waals surface area contributed by atoms with Gasteiger partial charge < -0.3 is 5.73 Å². The van der Waals surface area contributed by atoms with Gasteiger partial charge >= 0.3 is 0 Å². The average molecular weight is 216 g/mol. The van der Waals surface area contributed by atoms with E-state index in [4.69, 9.17) is 5.73 Å². The Morgan fingerprint density at radius 2 is 1.75 bits per heavy atom. The van der Waals surface area contributed by atoms with Gasteiger partial charge in [-0.05, 0) is 32.9 Å². The molecule has 16 heavy (non-hydrogen) atoms. The van der Waals surface area contributed by atoms with Crippen LogP contribution in [0.1, 0.15) is 20.8 Å². The number of aromatic nitrogens is 3. The minimum absolute atomic E-state index is 0.0426. The van der Waals surface area contributed by atoms with Crippen LogP contribution >= 0.6 is 0 Å². The van der Waals surface area contributed by atoms with Crippen molar-refractivity contribution in [1.29, 1.82) is 0 Å². The van der Waals surface area contributed by atoms with Crippen LogP contribution in [0, 0.1) is 0 Å². The molecule has 4 heteroatoms. The summed E-state index contributed by atoms with van der Waals surface area (Å²) in [4.78, 5) is 0. The van der Waals surface area contributed by atoms with Crippen LogP contribution in [-0.2, 0) is 5.54 Å². The molecule has 0 bridgehead atoms. The highest BCUT2D eigenvalue weighted by Gasteiger charge is 2.15. The van der Waals surface area contributed by atoms with Gasteiger partial charge in [-0.2, -0.15) is 0 Å². The lowest BCUT2D eigenvalue weighted by atomic mass is 10.1. The fourth-order valence-electron chi connectivity index (χ4n) is 1.38. The Morgan fingerprint density at radius 3 is 2.25 bits per heavy atom. The number of rotatable bonds is 1. The van der Waals surface area contributed by atoms with Crippen molar-refractivity contribution in [2.75, 3.05) is 5.73 Å². The van der Waals surface area contributed by atoms with E-state index in [1.807, 2.05) is 35.1 Å². The van der Waals surface area contributed by atoms with Crippen molar-refractivity contribution in [2.24, 2.45) is 0 Å². The van der Waals surface area contributed by atoms with Crippen molar-refractivity contribution in [3.63, 3.8) is 0 Å². The van der Waals surface area contributed by atoms with E-state index >= 15 is 0 Å². The van der Waals surface area contributed by atoms with Crippen LogP contribution in [0.5, 0.6) is 0 Å². The maximum absolute atomic E-state index is 5.64. The Morgan fingerprint density at radius 1 is 1.12 bits per heavy atom. The Balaban J connectivity index is 2.35. The maximum Gasteiger partial charge on any atom is 0.113 e. The van der Waals surface area contributed by atoms with Crippen LogP contribution in [0.25, 0.3) is 11.3 Å². The molecule has 84 valence electrons. The molecular formula is C12H16N4. The number of nitrogens with two attached hydrogens (primary N) is 1. The zero-order valence-electron chi connectivity index (χ0n) is 9.81. The molecule has 0 aliphatic heterocycles. The zero-order valence-corrected chi connectivity index (χ0v) is 9.81. The molecule has 1 aromatic carbocycles. The smallest absolute Gasteiger partial charge is 0.113 e. The van der Waals surface area contributed by atoms with Crippen molar-refractivity contribution >= 4 is 5.69 Å². The molecule has 1 heterocycles. The van der Waals surface area contributed by atoms with Gasteiger partial charge in [0.2, 0.25) is 0 Å². The van der Waals surface area contributed by atoms with E-state index in [-0.39, 0.29) is 5.54 Å². The summed E-state index contributed by atoms with van der Waals surface area (Å²) in [6, 6.07) is 7.63. The molecule has 2 rings (SSSR count). The normalized spacial score (nSPS) is 11.7. The van der Waals surface area contributed by atoms with Crippen LogP contribution in [0.2, 0.25) is 0 Å². The fraction of sp³-hybridized carbons (Fsp3) is 0.333. The van der Waals surface area contributed by atoms with Crippen LogP contribution in [0.3, 0.4) is 0 Å². The first-order valence-electron chi connectivity index (χ1n) is 5.25. The molecule has 4 nitrogen and oxygen atoms in total. The summed E-state index contributed by atoms with van der Waals surface area (Å²) in [7, 11) is 0. The lowest BCUT2D eigenvalue weighted by Gasteiger charge is -2.17. The molecule has 0 fully saturated rings. The quantitative estimate of drug-likeness (QED) is 0.744. The SMILES string of the molecule is CC(C)(C)n1cc(-c2ccc(N)cc2)nn1. The number of hydrogen-bond acceptors (Lipinski definition) is 3. The minimum Gasteiger partial charge on any atom is -0.399 e. The average Bonchev–Trinajstić information content (AvgIpc) is 2.67. The predicted molar refractivity (Wildman–Crippen MR) is 64.9 cm³/mol. The van der Waals surface area contributed by atoms with E-state index in [9.17, 15) is 0 Å². The molecule has 2 aromatic rings. The van der Waals surface area contributed by atoms with E-state index < -0.39 is 0 Å². The molecule has 0 unspecified atom stereocenters. The largest absolute Gasteiger partial charge is 0.399 e. The van der Waals surface area contributed by atoms with Gasteiger partial charge in [0.1, 0.15) is 5.69 Å². The van der Waals surface area contributed by atoms with E-state index in [2.05, 4.69) is 31.1 Å². The lowest BCUT2D eigenvalue weighted by molar-refractivity contribution is 0.347. The molecule has 0 atom stereocenters. The highest BCUT2D eigenvalue weighted by atomic mass is 15.4. The topological polar surface area (TPSA) is 56.7 Å². The first-order valence-corrected chi connectivity index (χ1v) is 5.25. The second-order valence-corrected chi connectivity index (χ2v) is 4.84. The van der Waals surface area contributed by atoms with Crippen LogP contribution in [0.4, 0.5) is 5.69 Å². The van der Waals surface area contributed by atoms with Gasteiger partial charge in [0.05, 0.1) is 11.7 Å². The summed E-state index contributed by atoms with van der Waals surface area (Å²) < 4.78 is 1.86. The summed E-state index contributed by atoms with van der Waals surface area (Å²) in [6.45, 7) is 6.28. The van der Waals surface area contributed by atoms with Crippen molar-refractivity contribution in [2.45, 2.75) is 26.3 Å². The van der Waals surface area contributed by atoms with E-state index in [0.717, 1.165) is 16.9 Å². The third kappa shape index (κ3) is 2.05. The van der Waals surface area contributed by atoms with Gasteiger partial charge in [0.25, 0.3) is 0 Å². The number of hydrogen-bond donors (Lipinski definition) is 1. The monoisotopic (exact) mass is 216 g/mol.